The third-order valence-corrected chi connectivity index (χ3v) is 5.13. The maximum Gasteiger partial charge on any atom is 0.261 e. The van der Waals surface area contributed by atoms with Crippen LogP contribution in [-0.4, -0.2) is 20.9 Å². The summed E-state index contributed by atoms with van der Waals surface area (Å²) in [7, 11) is 1.55. The minimum absolute atomic E-state index is 0.00423. The molecule has 0 bridgehead atoms. The monoisotopic (exact) mass is 331 g/mol. The van der Waals surface area contributed by atoms with Crippen LogP contribution in [0.1, 0.15) is 32.4 Å². The molecule has 21 heavy (non-hydrogen) atoms. The third-order valence-electron chi connectivity index (χ3n) is 3.77. The van der Waals surface area contributed by atoms with Gasteiger partial charge < -0.3 is 10.1 Å². The fraction of sp³-hybridized carbons (Fsp3) is 0.500. The SMILES string of the molecule is CC(C)C(C)C(=O)NC1COc2ccc(S(=O)(=O)Cl)cc21. The van der Waals surface area contributed by atoms with Gasteiger partial charge in [-0.15, -0.1) is 0 Å². The summed E-state index contributed by atoms with van der Waals surface area (Å²) in [5, 5.41) is 2.89. The Balaban J connectivity index is 2.23. The van der Waals surface area contributed by atoms with Crippen molar-refractivity contribution < 1.29 is 17.9 Å². The quantitative estimate of drug-likeness (QED) is 0.860. The van der Waals surface area contributed by atoms with Gasteiger partial charge in [-0.25, -0.2) is 8.42 Å². The lowest BCUT2D eigenvalue weighted by molar-refractivity contribution is -0.126. The van der Waals surface area contributed by atoms with Crippen LogP contribution in [0.15, 0.2) is 23.1 Å². The van der Waals surface area contributed by atoms with E-state index in [4.69, 9.17) is 15.4 Å². The first-order valence-corrected chi connectivity index (χ1v) is 9.03. The molecule has 0 fully saturated rings. The summed E-state index contributed by atoms with van der Waals surface area (Å²) < 4.78 is 28.3. The van der Waals surface area contributed by atoms with Crippen LogP contribution in [0.4, 0.5) is 0 Å². The standard InChI is InChI=1S/C14H18ClNO4S/c1-8(2)9(3)14(17)16-12-7-20-13-5-4-10(6-11(12)13)21(15,18)19/h4-6,8-9,12H,7H2,1-3H3,(H,16,17). The van der Waals surface area contributed by atoms with E-state index >= 15 is 0 Å². The zero-order valence-electron chi connectivity index (χ0n) is 12.1. The van der Waals surface area contributed by atoms with E-state index in [1.54, 1.807) is 6.07 Å². The first-order valence-electron chi connectivity index (χ1n) is 6.72. The largest absolute Gasteiger partial charge is 0.491 e. The number of hydrogen-bond acceptors (Lipinski definition) is 4. The number of nitrogens with one attached hydrogen (secondary N) is 1. The van der Waals surface area contributed by atoms with Gasteiger partial charge in [-0.05, 0) is 24.1 Å². The summed E-state index contributed by atoms with van der Waals surface area (Å²) in [6.07, 6.45) is 0. The molecule has 2 unspecified atom stereocenters. The molecule has 0 aromatic heterocycles. The summed E-state index contributed by atoms with van der Waals surface area (Å²) in [6, 6.07) is 4.05. The van der Waals surface area contributed by atoms with Gasteiger partial charge in [0.1, 0.15) is 12.4 Å². The van der Waals surface area contributed by atoms with Crippen molar-refractivity contribution in [3.63, 3.8) is 0 Å². The lowest BCUT2D eigenvalue weighted by Gasteiger charge is -2.18. The highest BCUT2D eigenvalue weighted by atomic mass is 35.7. The average molecular weight is 332 g/mol. The van der Waals surface area contributed by atoms with Crippen LogP contribution in [-0.2, 0) is 13.8 Å². The predicted octanol–water partition coefficient (Wildman–Crippen LogP) is 2.46. The molecule has 1 heterocycles. The molecule has 5 nitrogen and oxygen atoms in total. The highest BCUT2D eigenvalue weighted by molar-refractivity contribution is 8.13. The zero-order chi connectivity index (χ0) is 15.8. The zero-order valence-corrected chi connectivity index (χ0v) is 13.7. The number of amides is 1. The van der Waals surface area contributed by atoms with Crippen molar-refractivity contribution in [1.82, 2.24) is 5.32 Å². The minimum atomic E-state index is -3.80. The molecule has 0 saturated carbocycles. The van der Waals surface area contributed by atoms with Crippen LogP contribution in [0.3, 0.4) is 0 Å². The van der Waals surface area contributed by atoms with Crippen LogP contribution in [0.25, 0.3) is 0 Å². The smallest absolute Gasteiger partial charge is 0.261 e. The molecule has 2 atom stereocenters. The molecule has 1 aliphatic rings. The second-order valence-electron chi connectivity index (χ2n) is 5.54. The molecule has 2 rings (SSSR count). The van der Waals surface area contributed by atoms with Crippen molar-refractivity contribution >= 4 is 25.6 Å². The fourth-order valence-corrected chi connectivity index (χ4v) is 2.86. The van der Waals surface area contributed by atoms with E-state index < -0.39 is 9.05 Å². The van der Waals surface area contributed by atoms with Crippen LogP contribution >= 0.6 is 10.7 Å². The van der Waals surface area contributed by atoms with Gasteiger partial charge in [0.05, 0.1) is 10.9 Å². The van der Waals surface area contributed by atoms with Gasteiger partial charge in [-0.1, -0.05) is 20.8 Å². The van der Waals surface area contributed by atoms with Crippen molar-refractivity contribution in [2.24, 2.45) is 11.8 Å². The van der Waals surface area contributed by atoms with E-state index in [0.29, 0.717) is 11.3 Å². The maximum absolute atomic E-state index is 12.1. The predicted molar refractivity (Wildman–Crippen MR) is 79.9 cm³/mol. The summed E-state index contributed by atoms with van der Waals surface area (Å²) >= 11 is 0. The van der Waals surface area contributed by atoms with E-state index in [9.17, 15) is 13.2 Å². The minimum Gasteiger partial charge on any atom is -0.491 e. The normalized spacial score (nSPS) is 19.0. The number of ether oxygens (including phenoxy) is 1. The number of carbonyl (C=O) groups excluding carboxylic acids is 1. The second kappa shape index (κ2) is 5.85. The molecular formula is C14H18ClNO4S. The third kappa shape index (κ3) is 3.49. The van der Waals surface area contributed by atoms with E-state index in [-0.39, 0.29) is 35.3 Å². The Morgan fingerprint density at radius 1 is 1.38 bits per heavy atom. The Bertz CT molecular complexity index is 657. The van der Waals surface area contributed by atoms with Gasteiger partial charge in [0.2, 0.25) is 5.91 Å². The molecule has 1 amide bonds. The van der Waals surface area contributed by atoms with Crippen LogP contribution in [0, 0.1) is 11.8 Å². The summed E-state index contributed by atoms with van der Waals surface area (Å²) in [4.78, 5) is 12.1. The van der Waals surface area contributed by atoms with Gasteiger partial charge in [-0.3, -0.25) is 4.79 Å². The van der Waals surface area contributed by atoms with Crippen LogP contribution < -0.4 is 10.1 Å². The Hall–Kier alpha value is -1.27. The Kier molecular flexibility index (Phi) is 4.49. The average Bonchev–Trinajstić information content (AvgIpc) is 2.79. The summed E-state index contributed by atoms with van der Waals surface area (Å²) in [6.45, 7) is 6.09. The van der Waals surface area contributed by atoms with Crippen molar-refractivity contribution in [1.29, 1.82) is 0 Å². The number of hydrogen-bond donors (Lipinski definition) is 1. The molecule has 1 aromatic rings. The molecule has 0 radical (unpaired) electrons. The van der Waals surface area contributed by atoms with Gasteiger partial charge in [-0.2, -0.15) is 0 Å². The Morgan fingerprint density at radius 3 is 2.62 bits per heavy atom. The molecule has 1 aromatic carbocycles. The summed E-state index contributed by atoms with van der Waals surface area (Å²) in [5.41, 5.74) is 0.640. The van der Waals surface area contributed by atoms with Crippen molar-refractivity contribution in [2.75, 3.05) is 6.61 Å². The first kappa shape index (κ1) is 16.1. The van der Waals surface area contributed by atoms with E-state index in [1.165, 1.54) is 12.1 Å². The molecule has 116 valence electrons. The highest BCUT2D eigenvalue weighted by Gasteiger charge is 2.29. The number of benzene rings is 1. The van der Waals surface area contributed by atoms with Gasteiger partial charge in [0, 0.05) is 22.2 Å². The topological polar surface area (TPSA) is 72.5 Å². The van der Waals surface area contributed by atoms with Crippen molar-refractivity contribution in [2.45, 2.75) is 31.7 Å². The van der Waals surface area contributed by atoms with Crippen LogP contribution in [0.2, 0.25) is 0 Å². The molecule has 7 heteroatoms. The molecule has 1 aliphatic heterocycles. The molecule has 0 saturated heterocycles. The Labute approximate surface area is 129 Å². The van der Waals surface area contributed by atoms with E-state index in [2.05, 4.69) is 5.32 Å². The number of halogens is 1. The van der Waals surface area contributed by atoms with Crippen LogP contribution in [0.5, 0.6) is 5.75 Å². The van der Waals surface area contributed by atoms with Gasteiger partial charge in [0.25, 0.3) is 9.05 Å². The number of rotatable bonds is 4. The molecule has 0 spiro atoms. The maximum atomic E-state index is 12.1. The van der Waals surface area contributed by atoms with Gasteiger partial charge in [0.15, 0.2) is 0 Å². The second-order valence-corrected chi connectivity index (χ2v) is 8.11. The molecular weight excluding hydrogens is 314 g/mol. The molecule has 0 aliphatic carbocycles. The summed E-state index contributed by atoms with van der Waals surface area (Å²) in [5.74, 6) is 0.586. The van der Waals surface area contributed by atoms with Crippen molar-refractivity contribution in [3.05, 3.63) is 23.8 Å². The van der Waals surface area contributed by atoms with E-state index in [0.717, 1.165) is 0 Å². The lowest BCUT2D eigenvalue weighted by atomic mass is 9.96. The van der Waals surface area contributed by atoms with E-state index in [1.807, 2.05) is 20.8 Å². The Morgan fingerprint density at radius 2 is 2.05 bits per heavy atom. The fourth-order valence-electron chi connectivity index (χ4n) is 2.07. The highest BCUT2D eigenvalue weighted by Crippen LogP contribution is 2.35. The van der Waals surface area contributed by atoms with Gasteiger partial charge >= 0.3 is 0 Å². The number of fused-ring (bicyclic) bond motifs is 1. The molecule has 1 N–H and O–H groups in total. The number of carbonyl (C=O) groups is 1. The first-order chi connectivity index (χ1) is 9.70. The lowest BCUT2D eigenvalue weighted by Crippen LogP contribution is -2.35. The van der Waals surface area contributed by atoms with Crippen molar-refractivity contribution in [3.8, 4) is 5.75 Å².